The molecule has 1 atom stereocenters. The van der Waals surface area contributed by atoms with E-state index in [1.807, 2.05) is 0 Å². The average molecular weight is 393 g/mol. The molecule has 0 aromatic carbocycles. The molecule has 1 saturated heterocycles. The molecule has 0 aliphatic carbocycles. The second kappa shape index (κ2) is 21.1. The summed E-state index contributed by atoms with van der Waals surface area (Å²) in [5, 5.41) is 0. The monoisotopic (exact) mass is 392 g/mol. The van der Waals surface area contributed by atoms with E-state index in [9.17, 15) is 0 Å². The molecule has 1 heterocycles. The van der Waals surface area contributed by atoms with Gasteiger partial charge in [-0.15, -0.1) is 0 Å². The molecule has 1 unspecified atom stereocenters. The summed E-state index contributed by atoms with van der Waals surface area (Å²) in [6, 6.07) is 0. The van der Waals surface area contributed by atoms with Crippen molar-refractivity contribution in [2.24, 2.45) is 0 Å². The minimum atomic E-state index is 0.0680. The maximum atomic E-state index is 5.75. The Morgan fingerprint density at radius 2 is 1.25 bits per heavy atom. The number of hydrogen-bond donors (Lipinski definition) is 0. The van der Waals surface area contributed by atoms with Crippen molar-refractivity contribution < 1.29 is 9.47 Å². The summed E-state index contributed by atoms with van der Waals surface area (Å²) in [5.74, 6) is 0. The van der Waals surface area contributed by atoms with E-state index in [1.54, 1.807) is 0 Å². The first-order valence-corrected chi connectivity index (χ1v) is 12.5. The number of unbranched alkanes of at least 4 members (excludes halogenated alkanes) is 12. The number of allylic oxidation sites excluding steroid dienone is 4. The molecule has 0 bridgehead atoms. The quantitative estimate of drug-likeness (QED) is 0.162. The predicted molar refractivity (Wildman–Crippen MR) is 123 cm³/mol. The molecule has 0 aromatic heterocycles. The molecule has 0 aromatic rings. The fraction of sp³-hybridized carbons (Fsp3) is 0.846. The molecule has 0 radical (unpaired) electrons. The van der Waals surface area contributed by atoms with Gasteiger partial charge in [0.15, 0.2) is 6.29 Å². The first kappa shape index (κ1) is 25.4. The van der Waals surface area contributed by atoms with Crippen molar-refractivity contribution in [1.82, 2.24) is 0 Å². The second-order valence-electron chi connectivity index (χ2n) is 8.30. The topological polar surface area (TPSA) is 18.5 Å². The summed E-state index contributed by atoms with van der Waals surface area (Å²) >= 11 is 0. The largest absolute Gasteiger partial charge is 0.353 e. The molecule has 28 heavy (non-hydrogen) atoms. The van der Waals surface area contributed by atoms with Crippen LogP contribution in [-0.4, -0.2) is 19.5 Å². The number of rotatable bonds is 19. The molecule has 0 N–H and O–H groups in total. The van der Waals surface area contributed by atoms with E-state index in [2.05, 4.69) is 31.2 Å². The van der Waals surface area contributed by atoms with Crippen LogP contribution in [0.25, 0.3) is 0 Å². The van der Waals surface area contributed by atoms with Gasteiger partial charge in [-0.2, -0.15) is 0 Å². The number of hydrogen-bond acceptors (Lipinski definition) is 2. The van der Waals surface area contributed by atoms with Gasteiger partial charge >= 0.3 is 0 Å². The molecule has 2 heteroatoms. The first-order valence-electron chi connectivity index (χ1n) is 12.5. The Hall–Kier alpha value is -0.600. The highest BCUT2D eigenvalue weighted by Crippen LogP contribution is 2.14. The van der Waals surface area contributed by atoms with Crippen LogP contribution in [0, 0.1) is 0 Å². The van der Waals surface area contributed by atoms with E-state index >= 15 is 0 Å². The van der Waals surface area contributed by atoms with E-state index < -0.39 is 0 Å². The molecule has 1 aliphatic rings. The van der Waals surface area contributed by atoms with Gasteiger partial charge in [0.05, 0.1) is 6.61 Å². The molecule has 1 rings (SSSR count). The SMILES string of the molecule is CCCCCCCCCCCC/C=C\CC/C=C\CCCOC1CCCCO1. The normalized spacial score (nSPS) is 17.8. The lowest BCUT2D eigenvalue weighted by molar-refractivity contribution is -0.162. The van der Waals surface area contributed by atoms with Gasteiger partial charge < -0.3 is 9.47 Å². The third-order valence-electron chi connectivity index (χ3n) is 5.51. The standard InChI is InChI=1S/C26H48O2/c1-2-3-4-5-6-7-8-9-10-11-12-13-14-15-16-17-18-19-21-24-27-26-23-20-22-25-28-26/h13-14,17-18,26H,2-12,15-16,19-25H2,1H3/b14-13-,18-17-. The third-order valence-corrected chi connectivity index (χ3v) is 5.51. The van der Waals surface area contributed by atoms with E-state index in [4.69, 9.17) is 9.47 Å². The van der Waals surface area contributed by atoms with E-state index in [-0.39, 0.29) is 6.29 Å². The van der Waals surface area contributed by atoms with Crippen LogP contribution in [0.3, 0.4) is 0 Å². The molecule has 0 saturated carbocycles. The fourth-order valence-electron chi connectivity index (χ4n) is 3.67. The molecule has 0 spiro atoms. The van der Waals surface area contributed by atoms with Gasteiger partial charge in [0.1, 0.15) is 0 Å². The minimum Gasteiger partial charge on any atom is -0.353 e. The van der Waals surface area contributed by atoms with Crippen LogP contribution in [0.1, 0.15) is 122 Å². The van der Waals surface area contributed by atoms with E-state index in [0.29, 0.717) is 0 Å². The summed E-state index contributed by atoms with van der Waals surface area (Å²) in [6.07, 6.45) is 33.0. The first-order chi connectivity index (χ1) is 13.9. The van der Waals surface area contributed by atoms with Crippen molar-refractivity contribution in [1.29, 1.82) is 0 Å². The molecule has 164 valence electrons. The zero-order chi connectivity index (χ0) is 20.0. The second-order valence-corrected chi connectivity index (χ2v) is 8.30. The Bertz CT molecular complexity index is 355. The summed E-state index contributed by atoms with van der Waals surface area (Å²) in [4.78, 5) is 0. The fourth-order valence-corrected chi connectivity index (χ4v) is 3.67. The van der Waals surface area contributed by atoms with Gasteiger partial charge in [-0.05, 0) is 57.8 Å². The van der Waals surface area contributed by atoms with Gasteiger partial charge in [-0.25, -0.2) is 0 Å². The maximum Gasteiger partial charge on any atom is 0.157 e. The Balaban J connectivity index is 1.74. The van der Waals surface area contributed by atoms with Crippen LogP contribution in [0.15, 0.2) is 24.3 Å². The smallest absolute Gasteiger partial charge is 0.157 e. The van der Waals surface area contributed by atoms with E-state index in [1.165, 1.54) is 96.3 Å². The molecule has 2 nitrogen and oxygen atoms in total. The van der Waals surface area contributed by atoms with Crippen LogP contribution < -0.4 is 0 Å². The summed E-state index contributed by atoms with van der Waals surface area (Å²) < 4.78 is 11.3. The molecular formula is C26H48O2. The van der Waals surface area contributed by atoms with E-state index in [0.717, 1.165) is 32.5 Å². The lowest BCUT2D eigenvalue weighted by atomic mass is 10.1. The molecule has 1 fully saturated rings. The summed E-state index contributed by atoms with van der Waals surface area (Å²) in [7, 11) is 0. The Morgan fingerprint density at radius 1 is 0.679 bits per heavy atom. The average Bonchev–Trinajstić information content (AvgIpc) is 2.73. The van der Waals surface area contributed by atoms with Crippen LogP contribution in [0.5, 0.6) is 0 Å². The molecule has 0 amide bonds. The van der Waals surface area contributed by atoms with Gasteiger partial charge in [-0.1, -0.05) is 89.0 Å². The van der Waals surface area contributed by atoms with Gasteiger partial charge in [-0.3, -0.25) is 0 Å². The Labute approximate surface area is 176 Å². The van der Waals surface area contributed by atoms with Crippen LogP contribution in [-0.2, 0) is 9.47 Å². The van der Waals surface area contributed by atoms with Crippen molar-refractivity contribution >= 4 is 0 Å². The zero-order valence-corrected chi connectivity index (χ0v) is 18.8. The van der Waals surface area contributed by atoms with Crippen molar-refractivity contribution in [3.63, 3.8) is 0 Å². The zero-order valence-electron chi connectivity index (χ0n) is 18.8. The maximum absolute atomic E-state index is 5.75. The van der Waals surface area contributed by atoms with Crippen LogP contribution in [0.4, 0.5) is 0 Å². The highest BCUT2D eigenvalue weighted by molar-refractivity contribution is 4.88. The predicted octanol–water partition coefficient (Wildman–Crippen LogP) is 8.51. The lowest BCUT2D eigenvalue weighted by Gasteiger charge is -2.22. The molecular weight excluding hydrogens is 344 g/mol. The third kappa shape index (κ3) is 17.5. The molecule has 1 aliphatic heterocycles. The van der Waals surface area contributed by atoms with Crippen molar-refractivity contribution in [2.45, 2.75) is 129 Å². The minimum absolute atomic E-state index is 0.0680. The summed E-state index contributed by atoms with van der Waals surface area (Å²) in [6.45, 7) is 3.99. The van der Waals surface area contributed by atoms with Gasteiger partial charge in [0.2, 0.25) is 0 Å². The van der Waals surface area contributed by atoms with Crippen molar-refractivity contribution in [3.05, 3.63) is 24.3 Å². The Morgan fingerprint density at radius 3 is 1.86 bits per heavy atom. The summed E-state index contributed by atoms with van der Waals surface area (Å²) in [5.41, 5.74) is 0. The van der Waals surface area contributed by atoms with Crippen LogP contribution >= 0.6 is 0 Å². The highest BCUT2D eigenvalue weighted by Gasteiger charge is 2.12. The highest BCUT2D eigenvalue weighted by atomic mass is 16.7. The van der Waals surface area contributed by atoms with Crippen molar-refractivity contribution in [3.8, 4) is 0 Å². The number of ether oxygens (including phenoxy) is 2. The van der Waals surface area contributed by atoms with Gasteiger partial charge in [0.25, 0.3) is 0 Å². The van der Waals surface area contributed by atoms with Gasteiger partial charge in [0, 0.05) is 6.61 Å². The van der Waals surface area contributed by atoms with Crippen molar-refractivity contribution in [2.75, 3.05) is 13.2 Å². The van der Waals surface area contributed by atoms with Crippen LogP contribution in [0.2, 0.25) is 0 Å². The lowest BCUT2D eigenvalue weighted by Crippen LogP contribution is -2.22. The Kier molecular flexibility index (Phi) is 19.2.